The maximum absolute atomic E-state index is 11.2. The van der Waals surface area contributed by atoms with Gasteiger partial charge in [-0.25, -0.2) is 4.79 Å². The Hall–Kier alpha value is -2.21. The number of hydrogen-bond acceptors (Lipinski definition) is 5. The fraction of sp³-hybridized carbons (Fsp3) is 0.308. The number of nitrogens with one attached hydrogen (secondary N) is 2. The van der Waals surface area contributed by atoms with E-state index >= 15 is 0 Å². The average Bonchev–Trinajstić information content (AvgIpc) is 2.43. The molecule has 0 amide bonds. The summed E-state index contributed by atoms with van der Waals surface area (Å²) in [6.45, 7) is 1.54. The van der Waals surface area contributed by atoms with Gasteiger partial charge in [0, 0.05) is 11.9 Å². The molecule has 0 bridgehead atoms. The van der Waals surface area contributed by atoms with E-state index in [-0.39, 0.29) is 5.69 Å². The van der Waals surface area contributed by atoms with Crippen molar-refractivity contribution < 1.29 is 9.90 Å². The molecule has 0 radical (unpaired) electrons. The lowest BCUT2D eigenvalue weighted by Crippen LogP contribution is -2.15. The van der Waals surface area contributed by atoms with Crippen LogP contribution >= 0.6 is 0 Å². The molecule has 0 unspecified atom stereocenters. The Morgan fingerprint density at radius 1 is 1.26 bits per heavy atom. The minimum atomic E-state index is -1.07. The van der Waals surface area contributed by atoms with E-state index < -0.39 is 5.97 Å². The quantitative estimate of drug-likeness (QED) is 0.680. The Bertz CT molecular complexity index is 586. The lowest BCUT2D eigenvalue weighted by molar-refractivity contribution is 0.0690. The van der Waals surface area contributed by atoms with Gasteiger partial charge in [-0.3, -0.25) is 0 Å². The maximum atomic E-state index is 11.2. The van der Waals surface area contributed by atoms with Crippen LogP contribution in [0.25, 0.3) is 10.9 Å². The molecule has 0 saturated carbocycles. The number of benzene rings is 1. The number of aromatic carboxylic acids is 1. The normalized spacial score (nSPS) is 10.6. The zero-order chi connectivity index (χ0) is 13.7. The third kappa shape index (κ3) is 2.97. The molecule has 6 heteroatoms. The molecule has 2 rings (SSSR count). The fourth-order valence-corrected chi connectivity index (χ4v) is 1.86. The first-order valence-electron chi connectivity index (χ1n) is 6.11. The molecule has 0 aliphatic rings. The van der Waals surface area contributed by atoms with Gasteiger partial charge in [0.25, 0.3) is 0 Å². The summed E-state index contributed by atoms with van der Waals surface area (Å²) in [5, 5.41) is 23.8. The first kappa shape index (κ1) is 13.2. The van der Waals surface area contributed by atoms with Crippen LogP contribution in [0.4, 0.5) is 5.69 Å². The van der Waals surface area contributed by atoms with E-state index in [1.165, 1.54) is 0 Å². The van der Waals surface area contributed by atoms with Crippen LogP contribution in [0, 0.1) is 0 Å². The largest absolute Gasteiger partial charge is 0.476 e. The lowest BCUT2D eigenvalue weighted by Gasteiger charge is -2.11. The van der Waals surface area contributed by atoms with E-state index in [1.807, 2.05) is 31.3 Å². The zero-order valence-corrected chi connectivity index (χ0v) is 10.7. The van der Waals surface area contributed by atoms with Gasteiger partial charge in [-0.1, -0.05) is 18.2 Å². The molecular formula is C13H16N4O2. The highest BCUT2D eigenvalue weighted by Gasteiger charge is 2.15. The minimum absolute atomic E-state index is 0.0387. The second-order valence-electron chi connectivity index (χ2n) is 4.13. The van der Waals surface area contributed by atoms with E-state index in [1.54, 1.807) is 0 Å². The van der Waals surface area contributed by atoms with Crippen LogP contribution in [0.1, 0.15) is 16.9 Å². The summed E-state index contributed by atoms with van der Waals surface area (Å²) in [6, 6.07) is 7.36. The molecule has 1 aromatic carbocycles. The zero-order valence-electron chi connectivity index (χ0n) is 10.7. The van der Waals surface area contributed by atoms with Gasteiger partial charge in [0.2, 0.25) is 0 Å². The van der Waals surface area contributed by atoms with Gasteiger partial charge in [-0.05, 0) is 26.1 Å². The van der Waals surface area contributed by atoms with E-state index in [9.17, 15) is 9.90 Å². The molecule has 6 nitrogen and oxygen atoms in total. The number of fused-ring (bicyclic) bond motifs is 1. The Morgan fingerprint density at radius 2 is 2.05 bits per heavy atom. The number of rotatable bonds is 6. The van der Waals surface area contributed by atoms with Crippen molar-refractivity contribution in [2.45, 2.75) is 6.42 Å². The first-order valence-corrected chi connectivity index (χ1v) is 6.11. The van der Waals surface area contributed by atoms with E-state index in [0.29, 0.717) is 17.7 Å². The summed E-state index contributed by atoms with van der Waals surface area (Å²) in [5.41, 5.74) is 1.18. The van der Waals surface area contributed by atoms with Gasteiger partial charge in [-0.2, -0.15) is 0 Å². The van der Waals surface area contributed by atoms with Gasteiger partial charge < -0.3 is 15.7 Å². The minimum Gasteiger partial charge on any atom is -0.476 e. The molecule has 19 heavy (non-hydrogen) atoms. The van der Waals surface area contributed by atoms with Gasteiger partial charge in [-0.15, -0.1) is 10.2 Å². The van der Waals surface area contributed by atoms with Crippen LogP contribution in [0.2, 0.25) is 0 Å². The van der Waals surface area contributed by atoms with Gasteiger partial charge in [0.15, 0.2) is 5.69 Å². The summed E-state index contributed by atoms with van der Waals surface area (Å²) in [5.74, 6) is -1.07. The summed E-state index contributed by atoms with van der Waals surface area (Å²) in [7, 11) is 1.88. The lowest BCUT2D eigenvalue weighted by atomic mass is 10.1. The molecule has 0 aliphatic heterocycles. The Labute approximate surface area is 110 Å². The fourth-order valence-electron chi connectivity index (χ4n) is 1.86. The molecule has 2 aromatic rings. The number of carboxylic acids is 1. The number of anilines is 1. The van der Waals surface area contributed by atoms with Crippen molar-refractivity contribution >= 4 is 22.6 Å². The third-order valence-electron chi connectivity index (χ3n) is 2.78. The van der Waals surface area contributed by atoms with Crippen molar-refractivity contribution in [1.29, 1.82) is 0 Å². The second kappa shape index (κ2) is 6.10. The van der Waals surface area contributed by atoms with Crippen LogP contribution in [0.3, 0.4) is 0 Å². The van der Waals surface area contributed by atoms with Crippen molar-refractivity contribution in [3.05, 3.63) is 30.0 Å². The van der Waals surface area contributed by atoms with Crippen LogP contribution in [0.15, 0.2) is 24.3 Å². The predicted octanol–water partition coefficient (Wildman–Crippen LogP) is 1.35. The molecule has 0 spiro atoms. The van der Waals surface area contributed by atoms with Gasteiger partial charge in [0.05, 0.1) is 11.2 Å². The van der Waals surface area contributed by atoms with Crippen LogP contribution in [-0.4, -0.2) is 41.4 Å². The second-order valence-corrected chi connectivity index (χ2v) is 4.13. The Kier molecular flexibility index (Phi) is 4.25. The van der Waals surface area contributed by atoms with E-state index in [4.69, 9.17) is 0 Å². The summed E-state index contributed by atoms with van der Waals surface area (Å²) in [4.78, 5) is 11.2. The third-order valence-corrected chi connectivity index (χ3v) is 2.78. The Morgan fingerprint density at radius 3 is 2.79 bits per heavy atom. The number of aromatic nitrogens is 2. The van der Waals surface area contributed by atoms with E-state index in [0.717, 1.165) is 18.4 Å². The monoisotopic (exact) mass is 260 g/mol. The van der Waals surface area contributed by atoms with E-state index in [2.05, 4.69) is 20.8 Å². The highest BCUT2D eigenvalue weighted by Crippen LogP contribution is 2.24. The maximum Gasteiger partial charge on any atom is 0.358 e. The standard InChI is InChI=1S/C13H16N4O2/c1-14-7-4-8-15-11-9-5-2-3-6-10(9)16-17-12(11)13(18)19/h2-3,5-6,14H,4,7-8H2,1H3,(H,15,16)(H,18,19). The SMILES string of the molecule is CNCCCNc1c(C(=O)O)nnc2ccccc12. The number of nitrogens with zero attached hydrogens (tertiary/aromatic N) is 2. The van der Waals surface area contributed by atoms with Gasteiger partial charge >= 0.3 is 5.97 Å². The van der Waals surface area contributed by atoms with Crippen molar-refractivity contribution in [2.24, 2.45) is 0 Å². The van der Waals surface area contributed by atoms with Crippen molar-refractivity contribution in [1.82, 2.24) is 15.5 Å². The summed E-state index contributed by atoms with van der Waals surface area (Å²) >= 11 is 0. The first-order chi connectivity index (χ1) is 9.24. The number of carboxylic acid groups (broad SMARTS) is 1. The molecule has 100 valence electrons. The van der Waals surface area contributed by atoms with Crippen molar-refractivity contribution in [2.75, 3.05) is 25.5 Å². The smallest absolute Gasteiger partial charge is 0.358 e. The topological polar surface area (TPSA) is 87.1 Å². The number of hydrogen-bond donors (Lipinski definition) is 3. The Balaban J connectivity index is 2.35. The van der Waals surface area contributed by atoms with Crippen LogP contribution in [0.5, 0.6) is 0 Å². The van der Waals surface area contributed by atoms with Gasteiger partial charge in [0.1, 0.15) is 0 Å². The highest BCUT2D eigenvalue weighted by atomic mass is 16.4. The van der Waals surface area contributed by atoms with Crippen molar-refractivity contribution in [3.63, 3.8) is 0 Å². The molecule has 1 aromatic heterocycles. The molecule has 0 fully saturated rings. The molecular weight excluding hydrogens is 244 g/mol. The molecule has 0 saturated heterocycles. The predicted molar refractivity (Wildman–Crippen MR) is 73.5 cm³/mol. The molecule has 0 aliphatic carbocycles. The summed E-state index contributed by atoms with van der Waals surface area (Å²) in [6.07, 6.45) is 0.895. The van der Waals surface area contributed by atoms with Crippen LogP contribution < -0.4 is 10.6 Å². The van der Waals surface area contributed by atoms with Crippen LogP contribution in [-0.2, 0) is 0 Å². The molecule has 3 N–H and O–H groups in total. The summed E-state index contributed by atoms with van der Waals surface area (Å²) < 4.78 is 0. The average molecular weight is 260 g/mol. The number of carbonyl (C=O) groups is 1. The van der Waals surface area contributed by atoms with Crippen molar-refractivity contribution in [3.8, 4) is 0 Å². The molecule has 1 heterocycles. The highest BCUT2D eigenvalue weighted by molar-refractivity contribution is 6.02. The molecule has 0 atom stereocenters.